The van der Waals surface area contributed by atoms with E-state index in [-0.39, 0.29) is 13.1 Å². The molecule has 18 heavy (non-hydrogen) atoms. The van der Waals surface area contributed by atoms with Crippen molar-refractivity contribution in [1.82, 2.24) is 9.80 Å². The molecular formula is C11H10ClN3O3. The maximum atomic E-state index is 11.8. The van der Waals surface area contributed by atoms with Crippen molar-refractivity contribution in [3.05, 3.63) is 30.3 Å². The van der Waals surface area contributed by atoms with Crippen molar-refractivity contribution < 1.29 is 14.4 Å². The highest BCUT2D eigenvalue weighted by atomic mass is 35.5. The van der Waals surface area contributed by atoms with Crippen LogP contribution >= 0.6 is 11.6 Å². The Morgan fingerprint density at radius 3 is 2.28 bits per heavy atom. The van der Waals surface area contributed by atoms with Gasteiger partial charge in [0.25, 0.3) is 0 Å². The molecule has 1 N–H and O–H groups in total. The van der Waals surface area contributed by atoms with Crippen LogP contribution in [0.3, 0.4) is 0 Å². The van der Waals surface area contributed by atoms with Crippen molar-refractivity contribution in [3.63, 3.8) is 0 Å². The van der Waals surface area contributed by atoms with Crippen molar-refractivity contribution >= 4 is 34.7 Å². The molecule has 0 radical (unpaired) electrons. The summed E-state index contributed by atoms with van der Waals surface area (Å²) in [6.45, 7) is 0.249. The minimum atomic E-state index is -0.880. The number of amides is 5. The number of anilines is 1. The fourth-order valence-electron chi connectivity index (χ4n) is 1.60. The monoisotopic (exact) mass is 267 g/mol. The van der Waals surface area contributed by atoms with Crippen LogP contribution < -0.4 is 5.32 Å². The van der Waals surface area contributed by atoms with Gasteiger partial charge in [0.05, 0.1) is 6.54 Å². The van der Waals surface area contributed by atoms with Gasteiger partial charge in [-0.25, -0.2) is 19.4 Å². The van der Waals surface area contributed by atoms with Crippen LogP contribution in [0.15, 0.2) is 30.3 Å². The molecule has 1 aromatic rings. The molecule has 0 unspecified atom stereocenters. The van der Waals surface area contributed by atoms with Crippen LogP contribution in [0.1, 0.15) is 0 Å². The zero-order valence-electron chi connectivity index (χ0n) is 9.30. The van der Waals surface area contributed by atoms with Gasteiger partial charge in [-0.05, 0) is 23.7 Å². The lowest BCUT2D eigenvalue weighted by Crippen LogP contribution is -2.39. The lowest BCUT2D eigenvalue weighted by atomic mass is 10.3. The molecule has 1 saturated heterocycles. The SMILES string of the molecule is O=C(Cl)N1CCN(C(=O)Nc2ccccc2)C1=O. The lowest BCUT2D eigenvalue weighted by molar-refractivity contribution is 0.192. The average molecular weight is 268 g/mol. The smallest absolute Gasteiger partial charge is 0.307 e. The van der Waals surface area contributed by atoms with Crippen molar-refractivity contribution in [3.8, 4) is 0 Å². The standard InChI is InChI=1S/C11H10ClN3O3/c12-9(16)14-6-7-15(11(14)18)10(17)13-8-4-2-1-3-5-8/h1-5H,6-7H2,(H,13,17). The fourth-order valence-corrected chi connectivity index (χ4v) is 1.76. The number of carbonyl (C=O) groups is 3. The number of rotatable bonds is 1. The lowest BCUT2D eigenvalue weighted by Gasteiger charge is -2.15. The number of hydrogen-bond acceptors (Lipinski definition) is 3. The molecule has 0 bridgehead atoms. The third-order valence-corrected chi connectivity index (χ3v) is 2.70. The van der Waals surface area contributed by atoms with Crippen molar-refractivity contribution in [1.29, 1.82) is 0 Å². The summed E-state index contributed by atoms with van der Waals surface area (Å²) in [5.74, 6) is 0. The Kier molecular flexibility index (Phi) is 3.47. The van der Waals surface area contributed by atoms with E-state index in [1.54, 1.807) is 24.3 Å². The topological polar surface area (TPSA) is 69.7 Å². The number of carbonyl (C=O) groups excluding carboxylic acids is 3. The summed E-state index contributed by atoms with van der Waals surface area (Å²) in [6.07, 6.45) is 0. The van der Waals surface area contributed by atoms with Gasteiger partial charge >= 0.3 is 17.4 Å². The minimum Gasteiger partial charge on any atom is -0.307 e. The van der Waals surface area contributed by atoms with Crippen LogP contribution in [0.25, 0.3) is 0 Å². The summed E-state index contributed by atoms with van der Waals surface area (Å²) < 4.78 is 0. The number of nitrogens with zero attached hydrogens (tertiary/aromatic N) is 2. The summed E-state index contributed by atoms with van der Waals surface area (Å²) in [4.78, 5) is 36.1. The van der Waals surface area contributed by atoms with Crippen LogP contribution in [0.5, 0.6) is 0 Å². The second-order valence-corrected chi connectivity index (χ2v) is 3.96. The molecule has 2 rings (SSSR count). The van der Waals surface area contributed by atoms with E-state index in [9.17, 15) is 14.4 Å². The van der Waals surface area contributed by atoms with Gasteiger partial charge in [-0.3, -0.25) is 4.79 Å². The highest BCUT2D eigenvalue weighted by Gasteiger charge is 2.36. The van der Waals surface area contributed by atoms with Gasteiger partial charge in [0.2, 0.25) is 0 Å². The minimum absolute atomic E-state index is 0.114. The zero-order chi connectivity index (χ0) is 13.1. The van der Waals surface area contributed by atoms with Crippen LogP contribution in [-0.2, 0) is 0 Å². The number of para-hydroxylation sites is 1. The van der Waals surface area contributed by atoms with E-state index in [4.69, 9.17) is 11.6 Å². The van der Waals surface area contributed by atoms with E-state index >= 15 is 0 Å². The Labute approximate surface area is 108 Å². The molecular weight excluding hydrogens is 258 g/mol. The second kappa shape index (κ2) is 5.05. The molecule has 94 valence electrons. The zero-order valence-corrected chi connectivity index (χ0v) is 10.1. The third kappa shape index (κ3) is 2.43. The summed E-state index contributed by atoms with van der Waals surface area (Å²) in [7, 11) is 0. The molecule has 1 aromatic carbocycles. The van der Waals surface area contributed by atoms with Crippen LogP contribution in [0.4, 0.5) is 20.1 Å². The van der Waals surface area contributed by atoms with E-state index in [0.717, 1.165) is 9.80 Å². The van der Waals surface area contributed by atoms with Gasteiger partial charge in [0.15, 0.2) is 0 Å². The maximum absolute atomic E-state index is 11.8. The molecule has 7 heteroatoms. The van der Waals surface area contributed by atoms with Crippen LogP contribution in [-0.4, -0.2) is 40.3 Å². The van der Waals surface area contributed by atoms with Gasteiger partial charge in [0.1, 0.15) is 0 Å². The Morgan fingerprint density at radius 1 is 1.11 bits per heavy atom. The first-order valence-electron chi connectivity index (χ1n) is 5.24. The van der Waals surface area contributed by atoms with Crippen molar-refractivity contribution in [2.75, 3.05) is 18.4 Å². The molecule has 5 amide bonds. The van der Waals surface area contributed by atoms with Crippen LogP contribution in [0.2, 0.25) is 0 Å². The van der Waals surface area contributed by atoms with Gasteiger partial charge in [-0.2, -0.15) is 0 Å². The summed E-state index contributed by atoms with van der Waals surface area (Å²) in [6, 6.07) is 7.44. The Morgan fingerprint density at radius 2 is 1.72 bits per heavy atom. The number of hydrogen-bond donors (Lipinski definition) is 1. The number of benzene rings is 1. The van der Waals surface area contributed by atoms with Gasteiger partial charge in [0, 0.05) is 12.2 Å². The number of nitrogens with one attached hydrogen (secondary N) is 1. The Balaban J connectivity index is 2.03. The highest BCUT2D eigenvalue weighted by molar-refractivity contribution is 6.64. The molecule has 0 aliphatic carbocycles. The molecule has 0 spiro atoms. The van der Waals surface area contributed by atoms with Crippen molar-refractivity contribution in [2.45, 2.75) is 0 Å². The largest absolute Gasteiger partial charge is 0.335 e. The molecule has 1 aliphatic heterocycles. The Hall–Kier alpha value is -2.08. The first-order valence-corrected chi connectivity index (χ1v) is 5.62. The van der Waals surface area contributed by atoms with Gasteiger partial charge in [-0.15, -0.1) is 0 Å². The van der Waals surface area contributed by atoms with Crippen molar-refractivity contribution in [2.24, 2.45) is 0 Å². The molecule has 6 nitrogen and oxygen atoms in total. The molecule has 0 saturated carbocycles. The molecule has 1 heterocycles. The van der Waals surface area contributed by atoms with E-state index in [1.807, 2.05) is 6.07 Å². The predicted octanol–water partition coefficient (Wildman–Crippen LogP) is 2.31. The van der Waals surface area contributed by atoms with E-state index in [1.165, 1.54) is 0 Å². The second-order valence-electron chi connectivity index (χ2n) is 3.63. The van der Waals surface area contributed by atoms with E-state index in [0.29, 0.717) is 5.69 Å². The first-order chi connectivity index (χ1) is 8.59. The Bertz CT molecular complexity index is 492. The fraction of sp³-hybridized carbons (Fsp3) is 0.182. The number of urea groups is 2. The molecule has 1 aliphatic rings. The maximum Gasteiger partial charge on any atom is 0.335 e. The third-order valence-electron chi connectivity index (χ3n) is 2.49. The number of halogens is 1. The quantitative estimate of drug-likeness (QED) is 0.627. The van der Waals surface area contributed by atoms with E-state index in [2.05, 4.69) is 5.32 Å². The predicted molar refractivity (Wildman–Crippen MR) is 65.5 cm³/mol. The molecule has 0 aromatic heterocycles. The van der Waals surface area contributed by atoms with Gasteiger partial charge in [-0.1, -0.05) is 18.2 Å². The van der Waals surface area contributed by atoms with E-state index < -0.39 is 17.4 Å². The summed E-state index contributed by atoms with van der Waals surface area (Å²) >= 11 is 5.22. The highest BCUT2D eigenvalue weighted by Crippen LogP contribution is 2.14. The number of imide groups is 2. The molecule has 0 atom stereocenters. The summed E-state index contributed by atoms with van der Waals surface area (Å²) in [5.41, 5.74) is 0.575. The first kappa shape index (κ1) is 12.4. The average Bonchev–Trinajstić information content (AvgIpc) is 2.72. The van der Waals surface area contributed by atoms with Gasteiger partial charge < -0.3 is 5.32 Å². The summed E-state index contributed by atoms with van der Waals surface area (Å²) in [5, 5.41) is 1.68. The normalized spacial score (nSPS) is 14.8. The molecule has 1 fully saturated rings. The van der Waals surface area contributed by atoms with Crippen LogP contribution in [0, 0.1) is 0 Å².